The Labute approximate surface area is 211 Å². The van der Waals surface area contributed by atoms with Gasteiger partial charge in [0.25, 0.3) is 0 Å². The zero-order chi connectivity index (χ0) is 24.1. The van der Waals surface area contributed by atoms with Gasteiger partial charge in [0.15, 0.2) is 11.6 Å². The maximum atomic E-state index is 6.44. The van der Waals surface area contributed by atoms with Crippen molar-refractivity contribution in [2.75, 3.05) is 0 Å². The third-order valence-corrected chi connectivity index (χ3v) is 6.63. The smallest absolute Gasteiger partial charge is 0.226 e. The highest BCUT2D eigenvalue weighted by Gasteiger charge is 2.19. The first-order chi connectivity index (χ1) is 17.7. The summed E-state index contributed by atoms with van der Waals surface area (Å²) < 4.78 is 6.33. The van der Waals surface area contributed by atoms with Crippen molar-refractivity contribution >= 4 is 44.3 Å². The summed E-state index contributed by atoms with van der Waals surface area (Å²) in [4.78, 5) is 13.8. The van der Waals surface area contributed by atoms with E-state index in [4.69, 9.17) is 21.0 Å². The van der Waals surface area contributed by atoms with Gasteiger partial charge in [-0.15, -0.1) is 0 Å². The van der Waals surface area contributed by atoms with Crippen molar-refractivity contribution in [2.45, 2.75) is 0 Å². The van der Waals surface area contributed by atoms with Gasteiger partial charge in [-0.3, -0.25) is 0 Å². The van der Waals surface area contributed by atoms with Gasteiger partial charge in [-0.1, -0.05) is 91.0 Å². The van der Waals surface area contributed by atoms with Crippen LogP contribution in [-0.2, 0) is 0 Å². The van der Waals surface area contributed by atoms with Crippen LogP contribution in [0.3, 0.4) is 0 Å². The summed E-state index contributed by atoms with van der Waals surface area (Å²) in [6.45, 7) is 0. The van der Waals surface area contributed by atoms with Crippen molar-refractivity contribution in [3.05, 3.63) is 114 Å². The second-order valence-corrected chi connectivity index (χ2v) is 8.98. The Balaban J connectivity index is 1.56. The number of rotatable bonds is 3. The molecule has 0 aliphatic carbocycles. The average molecular weight is 484 g/mol. The molecule has 5 heteroatoms. The molecule has 7 rings (SSSR count). The van der Waals surface area contributed by atoms with Gasteiger partial charge >= 0.3 is 0 Å². The van der Waals surface area contributed by atoms with Gasteiger partial charge in [0.2, 0.25) is 5.28 Å². The van der Waals surface area contributed by atoms with Crippen LogP contribution in [0.1, 0.15) is 0 Å². The number of para-hydroxylation sites is 1. The van der Waals surface area contributed by atoms with Crippen molar-refractivity contribution in [2.24, 2.45) is 0 Å². The van der Waals surface area contributed by atoms with Crippen LogP contribution in [0, 0.1) is 0 Å². The Hall–Kier alpha value is -4.54. The maximum Gasteiger partial charge on any atom is 0.226 e. The van der Waals surface area contributed by atoms with Crippen molar-refractivity contribution in [1.29, 1.82) is 0 Å². The molecule has 5 aromatic carbocycles. The summed E-state index contributed by atoms with van der Waals surface area (Å²) in [5, 5.41) is 4.45. The lowest BCUT2D eigenvalue weighted by molar-refractivity contribution is 0.669. The lowest BCUT2D eigenvalue weighted by atomic mass is 9.94. The lowest BCUT2D eigenvalue weighted by Gasteiger charge is -2.11. The van der Waals surface area contributed by atoms with Gasteiger partial charge in [0, 0.05) is 21.9 Å². The van der Waals surface area contributed by atoms with Gasteiger partial charge in [0.05, 0.1) is 0 Å². The van der Waals surface area contributed by atoms with E-state index in [0.717, 1.165) is 44.2 Å². The first-order valence-electron chi connectivity index (χ1n) is 11.7. The number of aromatic nitrogens is 3. The first kappa shape index (κ1) is 20.8. The number of fused-ring (bicyclic) bond motifs is 4. The molecule has 0 radical (unpaired) electrons. The third kappa shape index (κ3) is 3.43. The van der Waals surface area contributed by atoms with Crippen LogP contribution in [0.15, 0.2) is 114 Å². The zero-order valence-corrected chi connectivity index (χ0v) is 19.8. The molecule has 0 saturated heterocycles. The third-order valence-electron chi connectivity index (χ3n) is 6.46. The van der Waals surface area contributed by atoms with Gasteiger partial charge in [-0.05, 0) is 51.7 Å². The van der Waals surface area contributed by atoms with E-state index in [1.165, 1.54) is 10.8 Å². The van der Waals surface area contributed by atoms with E-state index in [1.54, 1.807) is 0 Å². The van der Waals surface area contributed by atoms with Crippen LogP contribution < -0.4 is 0 Å². The quantitative estimate of drug-likeness (QED) is 0.252. The second kappa shape index (κ2) is 8.29. The van der Waals surface area contributed by atoms with Crippen molar-refractivity contribution < 1.29 is 4.42 Å². The van der Waals surface area contributed by atoms with Crippen LogP contribution in [0.25, 0.3) is 66.6 Å². The molecule has 2 aromatic heterocycles. The van der Waals surface area contributed by atoms with Crippen LogP contribution >= 0.6 is 11.6 Å². The van der Waals surface area contributed by atoms with E-state index in [2.05, 4.69) is 70.6 Å². The van der Waals surface area contributed by atoms with Crippen molar-refractivity contribution in [1.82, 2.24) is 15.0 Å². The largest absolute Gasteiger partial charge is 0.456 e. The van der Waals surface area contributed by atoms with Gasteiger partial charge < -0.3 is 4.42 Å². The Morgan fingerprint density at radius 2 is 1.25 bits per heavy atom. The van der Waals surface area contributed by atoms with E-state index in [-0.39, 0.29) is 5.28 Å². The molecule has 0 spiro atoms. The van der Waals surface area contributed by atoms with Crippen LogP contribution in [0.5, 0.6) is 0 Å². The Bertz CT molecular complexity index is 1910. The Kier molecular flexibility index (Phi) is 4.79. The minimum atomic E-state index is 0.148. The minimum Gasteiger partial charge on any atom is -0.456 e. The Morgan fingerprint density at radius 1 is 0.528 bits per heavy atom. The molecule has 0 unspecified atom stereocenters. The summed E-state index contributed by atoms with van der Waals surface area (Å²) in [6, 6.07) is 36.8. The fraction of sp³-hybridized carbons (Fsp3) is 0. The predicted molar refractivity (Wildman–Crippen MR) is 146 cm³/mol. The predicted octanol–water partition coefficient (Wildman–Crippen LogP) is 8.58. The van der Waals surface area contributed by atoms with Crippen molar-refractivity contribution in [3.63, 3.8) is 0 Å². The van der Waals surface area contributed by atoms with Crippen LogP contribution in [0.4, 0.5) is 0 Å². The molecule has 36 heavy (non-hydrogen) atoms. The van der Waals surface area contributed by atoms with Crippen LogP contribution in [-0.4, -0.2) is 15.0 Å². The molecule has 0 N–H and O–H groups in total. The molecule has 2 heterocycles. The second-order valence-electron chi connectivity index (χ2n) is 8.64. The van der Waals surface area contributed by atoms with Crippen molar-refractivity contribution in [3.8, 4) is 33.9 Å². The molecular weight excluding hydrogens is 466 g/mol. The molecule has 0 amide bonds. The molecule has 170 valence electrons. The molecular formula is C31H18ClN3O. The van der Waals surface area contributed by atoms with Gasteiger partial charge in [-0.25, -0.2) is 4.98 Å². The fourth-order valence-corrected chi connectivity index (χ4v) is 5.01. The average Bonchev–Trinajstić information content (AvgIpc) is 3.31. The topological polar surface area (TPSA) is 51.8 Å². The van der Waals surface area contributed by atoms with Gasteiger partial charge in [0.1, 0.15) is 11.2 Å². The highest BCUT2D eigenvalue weighted by Crippen LogP contribution is 2.40. The number of furan rings is 1. The van der Waals surface area contributed by atoms with E-state index in [1.807, 2.05) is 48.5 Å². The molecule has 0 fully saturated rings. The summed E-state index contributed by atoms with van der Waals surface area (Å²) in [7, 11) is 0. The monoisotopic (exact) mass is 483 g/mol. The summed E-state index contributed by atoms with van der Waals surface area (Å²) in [5.41, 5.74) is 5.44. The highest BCUT2D eigenvalue weighted by molar-refractivity contribution is 6.28. The molecule has 0 bridgehead atoms. The van der Waals surface area contributed by atoms with Gasteiger partial charge in [-0.2, -0.15) is 9.97 Å². The summed E-state index contributed by atoms with van der Waals surface area (Å²) in [5.74, 6) is 1.04. The van der Waals surface area contributed by atoms with E-state index in [9.17, 15) is 0 Å². The molecule has 0 saturated carbocycles. The van der Waals surface area contributed by atoms with E-state index >= 15 is 0 Å². The Morgan fingerprint density at radius 3 is 2.14 bits per heavy atom. The highest BCUT2D eigenvalue weighted by atomic mass is 35.5. The number of hydrogen-bond donors (Lipinski definition) is 0. The van der Waals surface area contributed by atoms with E-state index < -0.39 is 0 Å². The molecule has 7 aromatic rings. The molecule has 4 nitrogen and oxygen atoms in total. The van der Waals surface area contributed by atoms with E-state index in [0.29, 0.717) is 11.6 Å². The first-order valence-corrected chi connectivity index (χ1v) is 12.0. The summed E-state index contributed by atoms with van der Waals surface area (Å²) in [6.07, 6.45) is 0. The number of hydrogen-bond acceptors (Lipinski definition) is 4. The molecule has 0 aliphatic heterocycles. The normalized spacial score (nSPS) is 11.5. The SMILES string of the molecule is Clc1nc(-c2ccccc2)nc(-c2cc(-c3cccc4ccccc34)cc3oc4ccccc4c23)n1. The summed E-state index contributed by atoms with van der Waals surface area (Å²) >= 11 is 6.44. The standard InChI is InChI=1S/C31H18ClN3O/c32-31-34-29(20-10-2-1-3-11-20)33-30(35-31)25-17-21(23-15-8-12-19-9-4-5-13-22(19)23)18-27-28(25)24-14-6-7-16-26(24)36-27/h1-18H. The number of halogens is 1. The zero-order valence-electron chi connectivity index (χ0n) is 19.0. The fourth-order valence-electron chi connectivity index (χ4n) is 4.85. The molecule has 0 atom stereocenters. The maximum absolute atomic E-state index is 6.44. The van der Waals surface area contributed by atoms with Crippen LogP contribution in [0.2, 0.25) is 5.28 Å². The molecule has 0 aliphatic rings. The lowest BCUT2D eigenvalue weighted by Crippen LogP contribution is -1.98. The number of benzene rings is 5. The minimum absolute atomic E-state index is 0.148. The number of nitrogens with zero attached hydrogens (tertiary/aromatic N) is 3.